The minimum absolute atomic E-state index is 0.106. The van der Waals surface area contributed by atoms with E-state index in [0.717, 1.165) is 12.5 Å². The first-order valence-corrected chi connectivity index (χ1v) is 10.5. The predicted molar refractivity (Wildman–Crippen MR) is 96.2 cm³/mol. The van der Waals surface area contributed by atoms with Crippen LogP contribution >= 0.6 is 0 Å². The smallest absolute Gasteiger partial charge is 0.331 e. The molecular weight excluding hydrogens is 356 g/mol. The van der Waals surface area contributed by atoms with Gasteiger partial charge in [-0.3, -0.25) is 9.00 Å². The van der Waals surface area contributed by atoms with Gasteiger partial charge in [0.1, 0.15) is 18.1 Å². The van der Waals surface area contributed by atoms with Crippen molar-refractivity contribution >= 4 is 22.7 Å². The molecule has 1 aliphatic heterocycles. The van der Waals surface area contributed by atoms with Crippen molar-refractivity contribution in [3.05, 3.63) is 23.6 Å². The van der Waals surface area contributed by atoms with Crippen LogP contribution in [-0.4, -0.2) is 46.3 Å². The summed E-state index contributed by atoms with van der Waals surface area (Å²) in [6.07, 6.45) is 2.95. The number of hydrogen-bond acceptors (Lipinski definition) is 6. The second-order valence-corrected chi connectivity index (χ2v) is 9.33. The molecule has 26 heavy (non-hydrogen) atoms. The summed E-state index contributed by atoms with van der Waals surface area (Å²) in [6, 6.07) is 0. The van der Waals surface area contributed by atoms with Crippen molar-refractivity contribution in [2.75, 3.05) is 12.9 Å². The Bertz CT molecular complexity index is 682. The maximum atomic E-state index is 12.7. The Morgan fingerprint density at radius 3 is 2.73 bits per heavy atom. The first-order chi connectivity index (χ1) is 12.1. The second-order valence-electron chi connectivity index (χ2n) is 8.06. The minimum Gasteiger partial charge on any atom is -0.460 e. The van der Waals surface area contributed by atoms with Crippen LogP contribution in [0.2, 0.25) is 0 Å². The molecule has 0 aromatic carbocycles. The number of rotatable bonds is 3. The highest BCUT2D eigenvalue weighted by atomic mass is 32.2. The zero-order chi connectivity index (χ0) is 19.3. The monoisotopic (exact) mass is 382 g/mol. The molecule has 0 amide bonds. The van der Waals surface area contributed by atoms with Gasteiger partial charge in [-0.05, 0) is 36.2 Å². The molecule has 1 spiro atoms. The van der Waals surface area contributed by atoms with Gasteiger partial charge in [0.05, 0.1) is 6.10 Å². The molecule has 2 aliphatic carbocycles. The van der Waals surface area contributed by atoms with E-state index in [1.807, 2.05) is 0 Å². The van der Waals surface area contributed by atoms with Gasteiger partial charge in [-0.1, -0.05) is 20.4 Å². The van der Waals surface area contributed by atoms with Gasteiger partial charge in [-0.25, -0.2) is 4.79 Å². The summed E-state index contributed by atoms with van der Waals surface area (Å²) in [6.45, 7) is 8.29. The lowest BCUT2D eigenvalue weighted by atomic mass is 9.62. The summed E-state index contributed by atoms with van der Waals surface area (Å²) < 4.78 is 22.2. The average molecular weight is 382 g/mol. The van der Waals surface area contributed by atoms with Crippen molar-refractivity contribution in [1.29, 1.82) is 0 Å². The number of aliphatic hydroxyl groups is 1. The van der Waals surface area contributed by atoms with Gasteiger partial charge in [-0.15, -0.1) is 0 Å². The molecule has 7 atom stereocenters. The summed E-state index contributed by atoms with van der Waals surface area (Å²) in [7, 11) is -1.28. The molecule has 0 radical (unpaired) electrons. The number of hydrogen-bond donors (Lipinski definition) is 1. The van der Waals surface area contributed by atoms with Crippen LogP contribution in [0.25, 0.3) is 0 Å². The van der Waals surface area contributed by atoms with Gasteiger partial charge in [0.2, 0.25) is 0 Å². The molecule has 1 unspecified atom stereocenters. The lowest BCUT2D eigenvalue weighted by Gasteiger charge is -2.45. The Balaban J connectivity index is 2.03. The van der Waals surface area contributed by atoms with E-state index in [-0.39, 0.29) is 23.9 Å². The number of cyclic esters (lactones) is 1. The normalized spacial score (nSPS) is 43.5. The minimum atomic E-state index is -1.28. The van der Waals surface area contributed by atoms with E-state index in [4.69, 9.17) is 9.47 Å². The van der Waals surface area contributed by atoms with E-state index < -0.39 is 40.4 Å². The molecule has 3 rings (SSSR count). The third-order valence-corrected chi connectivity index (χ3v) is 7.20. The fourth-order valence-electron chi connectivity index (χ4n) is 5.10. The number of esters is 2. The summed E-state index contributed by atoms with van der Waals surface area (Å²) >= 11 is 0. The Hall–Kier alpha value is -1.47. The van der Waals surface area contributed by atoms with Crippen molar-refractivity contribution in [1.82, 2.24) is 0 Å². The predicted octanol–water partition coefficient (Wildman–Crippen LogP) is 1.71. The Labute approximate surface area is 156 Å². The molecule has 6 nitrogen and oxygen atoms in total. The van der Waals surface area contributed by atoms with Gasteiger partial charge in [0.25, 0.3) is 0 Å². The largest absolute Gasteiger partial charge is 0.460 e. The zero-order valence-electron chi connectivity index (χ0n) is 15.4. The van der Waals surface area contributed by atoms with Gasteiger partial charge in [0, 0.05) is 34.5 Å². The summed E-state index contributed by atoms with van der Waals surface area (Å²) in [5, 5.41) is 12.0. The topological polar surface area (TPSA) is 89.9 Å². The van der Waals surface area contributed by atoms with Gasteiger partial charge < -0.3 is 14.6 Å². The molecular formula is C19H26O6S. The van der Waals surface area contributed by atoms with E-state index in [1.165, 1.54) is 11.7 Å². The molecule has 0 aromatic heterocycles. The molecule has 3 aliphatic rings. The van der Waals surface area contributed by atoms with E-state index in [9.17, 15) is 18.9 Å². The Kier molecular flexibility index (Phi) is 4.90. The van der Waals surface area contributed by atoms with Crippen LogP contribution in [0.3, 0.4) is 0 Å². The molecule has 1 N–H and O–H groups in total. The van der Waals surface area contributed by atoms with Crippen molar-refractivity contribution in [2.45, 2.75) is 45.3 Å². The van der Waals surface area contributed by atoms with Crippen LogP contribution < -0.4 is 0 Å². The summed E-state index contributed by atoms with van der Waals surface area (Å²) in [5.74, 6) is -1.22. The van der Waals surface area contributed by atoms with Crippen molar-refractivity contribution in [3.8, 4) is 0 Å². The second kappa shape index (κ2) is 6.60. The molecule has 144 valence electrons. The molecule has 0 aromatic rings. The number of fused-ring (bicyclic) bond motifs is 1. The Morgan fingerprint density at radius 1 is 1.46 bits per heavy atom. The van der Waals surface area contributed by atoms with Crippen LogP contribution in [0.1, 0.15) is 33.1 Å². The summed E-state index contributed by atoms with van der Waals surface area (Å²) in [5.41, 5.74) is -0.890. The van der Waals surface area contributed by atoms with E-state index in [1.54, 1.807) is 0 Å². The maximum Gasteiger partial charge on any atom is 0.331 e. The number of aliphatic hydroxyl groups excluding tert-OH is 1. The third-order valence-electron chi connectivity index (χ3n) is 6.68. The fourth-order valence-corrected chi connectivity index (χ4v) is 5.41. The van der Waals surface area contributed by atoms with Gasteiger partial charge in [-0.2, -0.15) is 0 Å². The van der Waals surface area contributed by atoms with Crippen LogP contribution in [0.4, 0.5) is 0 Å². The van der Waals surface area contributed by atoms with Crippen molar-refractivity contribution in [3.63, 3.8) is 0 Å². The van der Waals surface area contributed by atoms with Crippen LogP contribution in [0, 0.1) is 22.7 Å². The SMILES string of the molecule is C=C1COC(=O)[C@]12C[C@@]1(C)[C@@H]([C@H]2OC(=O)/C=C\S(C)=O)[C@@H](O)CC[C@@H]1C. The first kappa shape index (κ1) is 19.3. The number of carbonyl (C=O) groups is 2. The highest BCUT2D eigenvalue weighted by Gasteiger charge is 2.71. The fraction of sp³-hybridized carbons (Fsp3) is 0.684. The average Bonchev–Trinajstić information content (AvgIpc) is 3.00. The zero-order valence-corrected chi connectivity index (χ0v) is 16.2. The van der Waals surface area contributed by atoms with E-state index in [0.29, 0.717) is 18.4 Å². The number of carbonyl (C=O) groups excluding carboxylic acids is 2. The van der Waals surface area contributed by atoms with E-state index in [2.05, 4.69) is 20.4 Å². The molecule has 1 heterocycles. The van der Waals surface area contributed by atoms with Crippen LogP contribution in [0.15, 0.2) is 23.6 Å². The lowest BCUT2D eigenvalue weighted by Crippen LogP contribution is -2.48. The molecule has 3 fully saturated rings. The molecule has 0 bridgehead atoms. The summed E-state index contributed by atoms with van der Waals surface area (Å²) in [4.78, 5) is 25.1. The molecule has 7 heteroatoms. The Morgan fingerprint density at radius 2 is 2.15 bits per heavy atom. The quantitative estimate of drug-likeness (QED) is 0.454. The number of ether oxygens (including phenoxy) is 2. The van der Waals surface area contributed by atoms with Crippen LogP contribution in [-0.2, 0) is 29.9 Å². The standard InChI is InChI=1S/C19H26O6S/c1-11-5-6-13(20)15-16(25-14(21)7-8-26(4)23)19(10-18(11,15)3)12(2)9-24-17(19)22/h7-8,11,13,15-16,20H,2,5-6,9-10H2,1,3-4H3/b8-7-/t11-,13-,15+,16+,18+,19+,26?/m0/s1. The molecule has 2 saturated carbocycles. The van der Waals surface area contributed by atoms with E-state index >= 15 is 0 Å². The van der Waals surface area contributed by atoms with Crippen molar-refractivity contribution < 1.29 is 28.4 Å². The maximum absolute atomic E-state index is 12.7. The first-order valence-electron chi connectivity index (χ1n) is 8.87. The molecule has 1 saturated heterocycles. The highest BCUT2D eigenvalue weighted by molar-refractivity contribution is 7.87. The highest BCUT2D eigenvalue weighted by Crippen LogP contribution is 2.65. The van der Waals surface area contributed by atoms with Crippen LogP contribution in [0.5, 0.6) is 0 Å². The lowest BCUT2D eigenvalue weighted by molar-refractivity contribution is -0.164. The van der Waals surface area contributed by atoms with Crippen molar-refractivity contribution in [2.24, 2.45) is 22.7 Å². The van der Waals surface area contributed by atoms with Gasteiger partial charge in [0.15, 0.2) is 0 Å². The third kappa shape index (κ3) is 2.76. The van der Waals surface area contributed by atoms with Gasteiger partial charge >= 0.3 is 11.9 Å².